The van der Waals surface area contributed by atoms with E-state index in [2.05, 4.69) is 0 Å². The van der Waals surface area contributed by atoms with E-state index < -0.39 is 6.10 Å². The molecule has 0 radical (unpaired) electrons. The number of nitrogens with zero attached hydrogens (tertiary/aromatic N) is 1. The van der Waals surface area contributed by atoms with Crippen molar-refractivity contribution in [2.24, 2.45) is 0 Å². The molecular weight excluding hydrogens is 310 g/mol. The summed E-state index contributed by atoms with van der Waals surface area (Å²) in [7, 11) is 0. The highest BCUT2D eigenvalue weighted by Gasteiger charge is 2.24. The molecular formula is C19H22ClNO2. The summed E-state index contributed by atoms with van der Waals surface area (Å²) >= 11 is 5.95. The molecule has 0 aliphatic rings. The summed E-state index contributed by atoms with van der Waals surface area (Å²) in [6.45, 7) is 6.35. The molecule has 0 aliphatic carbocycles. The third kappa shape index (κ3) is 5.00. The Kier molecular flexibility index (Phi) is 6.05. The summed E-state index contributed by atoms with van der Waals surface area (Å²) in [6, 6.07) is 17.1. The minimum atomic E-state index is -0.570. The van der Waals surface area contributed by atoms with Gasteiger partial charge in [-0.2, -0.15) is 0 Å². The average molecular weight is 332 g/mol. The molecule has 0 heterocycles. The van der Waals surface area contributed by atoms with E-state index in [1.54, 1.807) is 31.2 Å². The number of ether oxygens (including phenoxy) is 1. The fraction of sp³-hybridized carbons (Fsp3) is 0.316. The quantitative estimate of drug-likeness (QED) is 0.777. The molecule has 1 amide bonds. The van der Waals surface area contributed by atoms with Gasteiger partial charge in [-0.1, -0.05) is 48.0 Å². The lowest BCUT2D eigenvalue weighted by molar-refractivity contribution is -0.140. The van der Waals surface area contributed by atoms with Crippen molar-refractivity contribution in [3.8, 4) is 5.75 Å². The van der Waals surface area contributed by atoms with Crippen molar-refractivity contribution < 1.29 is 9.53 Å². The fourth-order valence-corrected chi connectivity index (χ4v) is 2.50. The first-order valence-electron chi connectivity index (χ1n) is 7.74. The minimum Gasteiger partial charge on any atom is -0.481 e. The van der Waals surface area contributed by atoms with Crippen LogP contribution in [0.25, 0.3) is 0 Å². The number of carbonyl (C=O) groups excluding carboxylic acids is 1. The standard InChI is InChI=1S/C19H22ClNO2/c1-14(2)21(13-16-8-5-4-6-9-16)19(22)15(3)23-18-11-7-10-17(20)12-18/h4-12,14-15H,13H2,1-3H3/t15-/m0/s1. The van der Waals surface area contributed by atoms with Crippen molar-refractivity contribution in [1.82, 2.24) is 4.90 Å². The Morgan fingerprint density at radius 3 is 2.39 bits per heavy atom. The molecule has 0 unspecified atom stereocenters. The van der Waals surface area contributed by atoms with E-state index in [0.717, 1.165) is 5.56 Å². The Morgan fingerprint density at radius 1 is 1.09 bits per heavy atom. The van der Waals surface area contributed by atoms with Crippen molar-refractivity contribution in [1.29, 1.82) is 0 Å². The van der Waals surface area contributed by atoms with Crippen LogP contribution >= 0.6 is 11.6 Å². The SMILES string of the molecule is CC(C)N(Cc1ccccc1)C(=O)[C@H](C)Oc1cccc(Cl)c1. The van der Waals surface area contributed by atoms with Gasteiger partial charge in [0.15, 0.2) is 6.10 Å². The first-order chi connectivity index (χ1) is 11.0. The maximum absolute atomic E-state index is 12.7. The Bertz CT molecular complexity index is 643. The van der Waals surface area contributed by atoms with Crippen LogP contribution in [0.15, 0.2) is 54.6 Å². The Balaban J connectivity index is 2.07. The van der Waals surface area contributed by atoms with Gasteiger partial charge < -0.3 is 9.64 Å². The van der Waals surface area contributed by atoms with Crippen LogP contribution in [0.5, 0.6) is 5.75 Å². The zero-order chi connectivity index (χ0) is 16.8. The molecule has 2 rings (SSSR count). The summed E-state index contributed by atoms with van der Waals surface area (Å²) in [5.74, 6) is 0.561. The molecule has 0 aliphatic heterocycles. The number of rotatable bonds is 6. The van der Waals surface area contributed by atoms with E-state index in [-0.39, 0.29) is 11.9 Å². The second-order valence-corrected chi connectivity index (χ2v) is 6.20. The maximum atomic E-state index is 12.7. The number of amides is 1. The number of hydrogen-bond acceptors (Lipinski definition) is 2. The van der Waals surface area contributed by atoms with Gasteiger partial charge in [0.2, 0.25) is 0 Å². The van der Waals surface area contributed by atoms with E-state index >= 15 is 0 Å². The minimum absolute atomic E-state index is 0.0381. The average Bonchev–Trinajstić information content (AvgIpc) is 2.52. The van der Waals surface area contributed by atoms with Gasteiger partial charge in [0.25, 0.3) is 5.91 Å². The van der Waals surface area contributed by atoms with Gasteiger partial charge in [-0.05, 0) is 44.5 Å². The zero-order valence-corrected chi connectivity index (χ0v) is 14.5. The maximum Gasteiger partial charge on any atom is 0.263 e. The van der Waals surface area contributed by atoms with Crippen molar-refractivity contribution in [3.05, 3.63) is 65.2 Å². The lowest BCUT2D eigenvalue weighted by Gasteiger charge is -2.29. The number of halogens is 1. The van der Waals surface area contributed by atoms with Crippen LogP contribution in [0.1, 0.15) is 26.3 Å². The molecule has 4 heteroatoms. The summed E-state index contributed by atoms with van der Waals surface area (Å²) in [4.78, 5) is 14.6. The summed E-state index contributed by atoms with van der Waals surface area (Å²) in [6.07, 6.45) is -0.570. The molecule has 1 atom stereocenters. The van der Waals surface area contributed by atoms with E-state index in [4.69, 9.17) is 16.3 Å². The molecule has 2 aromatic carbocycles. The van der Waals surface area contributed by atoms with Gasteiger partial charge >= 0.3 is 0 Å². The van der Waals surface area contributed by atoms with Gasteiger partial charge in [-0.15, -0.1) is 0 Å². The van der Waals surface area contributed by atoms with Crippen LogP contribution in [0.3, 0.4) is 0 Å². The largest absolute Gasteiger partial charge is 0.481 e. The topological polar surface area (TPSA) is 29.5 Å². The number of carbonyl (C=O) groups is 1. The van der Waals surface area contributed by atoms with Crippen molar-refractivity contribution in [2.45, 2.75) is 39.5 Å². The van der Waals surface area contributed by atoms with Crippen LogP contribution in [0, 0.1) is 0 Å². The highest BCUT2D eigenvalue weighted by molar-refractivity contribution is 6.30. The highest BCUT2D eigenvalue weighted by Crippen LogP contribution is 2.19. The lowest BCUT2D eigenvalue weighted by atomic mass is 10.1. The third-order valence-electron chi connectivity index (χ3n) is 3.56. The predicted octanol–water partition coefficient (Wildman–Crippen LogP) is 4.54. The Morgan fingerprint density at radius 2 is 1.78 bits per heavy atom. The summed E-state index contributed by atoms with van der Waals surface area (Å²) in [5.41, 5.74) is 1.10. The highest BCUT2D eigenvalue weighted by atomic mass is 35.5. The zero-order valence-electron chi connectivity index (χ0n) is 13.7. The first kappa shape index (κ1) is 17.4. The normalized spacial score (nSPS) is 12.0. The molecule has 2 aromatic rings. The van der Waals surface area contributed by atoms with Gasteiger partial charge in [-0.3, -0.25) is 4.79 Å². The van der Waals surface area contributed by atoms with E-state index in [1.807, 2.05) is 49.1 Å². The third-order valence-corrected chi connectivity index (χ3v) is 3.79. The summed E-state index contributed by atoms with van der Waals surface area (Å²) < 4.78 is 5.75. The van der Waals surface area contributed by atoms with Crippen LogP contribution in [0.4, 0.5) is 0 Å². The smallest absolute Gasteiger partial charge is 0.263 e. The van der Waals surface area contributed by atoms with Crippen LogP contribution in [-0.4, -0.2) is 23.0 Å². The van der Waals surface area contributed by atoms with Crippen LogP contribution < -0.4 is 4.74 Å². The molecule has 0 N–H and O–H groups in total. The molecule has 122 valence electrons. The first-order valence-corrected chi connectivity index (χ1v) is 8.12. The van der Waals surface area contributed by atoms with Crippen LogP contribution in [-0.2, 0) is 11.3 Å². The van der Waals surface area contributed by atoms with Gasteiger partial charge in [0.1, 0.15) is 5.75 Å². The van der Waals surface area contributed by atoms with Gasteiger partial charge in [-0.25, -0.2) is 0 Å². The molecule has 0 spiro atoms. The second-order valence-electron chi connectivity index (χ2n) is 5.76. The van der Waals surface area contributed by atoms with Gasteiger partial charge in [0.05, 0.1) is 0 Å². The van der Waals surface area contributed by atoms with Crippen molar-refractivity contribution >= 4 is 17.5 Å². The van der Waals surface area contributed by atoms with Crippen molar-refractivity contribution in [2.75, 3.05) is 0 Å². The van der Waals surface area contributed by atoms with Gasteiger partial charge in [0, 0.05) is 17.6 Å². The van der Waals surface area contributed by atoms with Crippen LogP contribution in [0.2, 0.25) is 5.02 Å². The van der Waals surface area contributed by atoms with E-state index in [0.29, 0.717) is 17.3 Å². The Hall–Kier alpha value is -2.00. The molecule has 3 nitrogen and oxygen atoms in total. The summed E-state index contributed by atoms with van der Waals surface area (Å²) in [5, 5.41) is 0.590. The number of benzene rings is 2. The monoisotopic (exact) mass is 331 g/mol. The molecule has 0 saturated carbocycles. The number of hydrogen-bond donors (Lipinski definition) is 0. The molecule has 0 bridgehead atoms. The molecule has 0 saturated heterocycles. The molecule has 23 heavy (non-hydrogen) atoms. The Labute approximate surface area is 142 Å². The molecule has 0 fully saturated rings. The predicted molar refractivity (Wildman–Crippen MR) is 93.7 cm³/mol. The lowest BCUT2D eigenvalue weighted by Crippen LogP contribution is -2.43. The van der Waals surface area contributed by atoms with E-state index in [9.17, 15) is 4.79 Å². The fourth-order valence-electron chi connectivity index (χ4n) is 2.32. The molecule has 0 aromatic heterocycles. The van der Waals surface area contributed by atoms with Crippen molar-refractivity contribution in [3.63, 3.8) is 0 Å². The van der Waals surface area contributed by atoms with E-state index in [1.165, 1.54) is 0 Å². The second kappa shape index (κ2) is 8.02.